The fourth-order valence-electron chi connectivity index (χ4n) is 2.91. The van der Waals surface area contributed by atoms with Crippen molar-refractivity contribution in [2.45, 2.75) is 58.2 Å². The minimum Gasteiger partial charge on any atom is -0.377 e. The Morgan fingerprint density at radius 2 is 2.19 bits per heavy atom. The molecule has 2 heterocycles. The number of ether oxygens (including phenoxy) is 1. The van der Waals surface area contributed by atoms with E-state index >= 15 is 0 Å². The maximum Gasteiger partial charge on any atom is 0.129 e. The number of aromatic nitrogens is 1. The number of nitrogens with zero attached hydrogens (tertiary/aromatic N) is 2. The summed E-state index contributed by atoms with van der Waals surface area (Å²) >= 11 is 0. The second kappa shape index (κ2) is 6.75. The topological polar surface area (TPSA) is 37.4 Å². The molecule has 2 aliphatic rings. The lowest BCUT2D eigenvalue weighted by Gasteiger charge is -2.36. The van der Waals surface area contributed by atoms with Gasteiger partial charge < -0.3 is 15.0 Å². The third-order valence-electron chi connectivity index (χ3n) is 4.45. The third-order valence-corrected chi connectivity index (χ3v) is 4.45. The molecule has 1 saturated heterocycles. The van der Waals surface area contributed by atoms with Crippen molar-refractivity contribution in [3.8, 4) is 0 Å². The zero-order chi connectivity index (χ0) is 14.7. The summed E-state index contributed by atoms with van der Waals surface area (Å²) in [7, 11) is 0. The van der Waals surface area contributed by atoms with Crippen molar-refractivity contribution in [1.82, 2.24) is 10.3 Å². The number of hydrogen-bond donors (Lipinski definition) is 1. The number of hydrogen-bond acceptors (Lipinski definition) is 4. The van der Waals surface area contributed by atoms with Crippen LogP contribution in [0.3, 0.4) is 0 Å². The minimum absolute atomic E-state index is 0.461. The Morgan fingerprint density at radius 3 is 2.90 bits per heavy atom. The molecular weight excluding hydrogens is 262 g/mol. The number of anilines is 1. The highest BCUT2D eigenvalue weighted by atomic mass is 16.5. The highest BCUT2D eigenvalue weighted by Gasteiger charge is 2.24. The molecule has 4 heteroatoms. The van der Waals surface area contributed by atoms with Crippen molar-refractivity contribution in [3.63, 3.8) is 0 Å². The van der Waals surface area contributed by atoms with E-state index in [1.807, 2.05) is 0 Å². The first-order chi connectivity index (χ1) is 10.3. The number of pyridine rings is 1. The molecule has 1 aromatic heterocycles. The summed E-state index contributed by atoms with van der Waals surface area (Å²) < 4.78 is 5.62. The Morgan fingerprint density at radius 1 is 1.33 bits per heavy atom. The summed E-state index contributed by atoms with van der Waals surface area (Å²) in [6.45, 7) is 7.96. The van der Waals surface area contributed by atoms with E-state index in [4.69, 9.17) is 9.72 Å². The molecule has 1 aliphatic heterocycles. The van der Waals surface area contributed by atoms with Crippen LogP contribution in [0.1, 0.15) is 44.4 Å². The largest absolute Gasteiger partial charge is 0.377 e. The van der Waals surface area contributed by atoms with Crippen LogP contribution in [0.5, 0.6) is 0 Å². The molecule has 0 radical (unpaired) electrons. The Kier molecular flexibility index (Phi) is 4.76. The summed E-state index contributed by atoms with van der Waals surface area (Å²) in [5.41, 5.74) is 2.56. The minimum atomic E-state index is 0.461. The van der Waals surface area contributed by atoms with Crippen LogP contribution >= 0.6 is 0 Å². The first kappa shape index (κ1) is 14.8. The molecule has 0 bridgehead atoms. The average Bonchev–Trinajstić information content (AvgIpc) is 3.37. The number of nitrogens with one attached hydrogen (secondary N) is 1. The van der Waals surface area contributed by atoms with Crippen LogP contribution in [-0.2, 0) is 17.7 Å². The van der Waals surface area contributed by atoms with Gasteiger partial charge in [0.25, 0.3) is 0 Å². The smallest absolute Gasteiger partial charge is 0.129 e. The van der Waals surface area contributed by atoms with Gasteiger partial charge >= 0.3 is 0 Å². The van der Waals surface area contributed by atoms with Crippen molar-refractivity contribution in [1.29, 1.82) is 0 Å². The van der Waals surface area contributed by atoms with E-state index in [1.54, 1.807) is 0 Å². The molecule has 1 N–H and O–H groups in total. The number of aryl methyl sites for hydroxylation is 1. The van der Waals surface area contributed by atoms with E-state index in [2.05, 4.69) is 36.2 Å². The van der Waals surface area contributed by atoms with Crippen molar-refractivity contribution in [3.05, 3.63) is 23.4 Å². The van der Waals surface area contributed by atoms with Gasteiger partial charge in [-0.25, -0.2) is 4.98 Å². The van der Waals surface area contributed by atoms with Crippen LogP contribution in [0.2, 0.25) is 0 Å². The summed E-state index contributed by atoms with van der Waals surface area (Å²) in [4.78, 5) is 7.29. The summed E-state index contributed by atoms with van der Waals surface area (Å²) in [5, 5.41) is 3.61. The summed E-state index contributed by atoms with van der Waals surface area (Å²) in [6.07, 6.45) is 4.76. The van der Waals surface area contributed by atoms with Gasteiger partial charge in [-0.2, -0.15) is 0 Å². The van der Waals surface area contributed by atoms with Crippen LogP contribution in [0.4, 0.5) is 5.82 Å². The quantitative estimate of drug-likeness (QED) is 0.873. The Bertz CT molecular complexity index is 473. The van der Waals surface area contributed by atoms with Crippen molar-refractivity contribution in [2.24, 2.45) is 0 Å². The average molecular weight is 289 g/mol. The maximum atomic E-state index is 5.62. The van der Waals surface area contributed by atoms with Crippen LogP contribution in [0.15, 0.2) is 12.1 Å². The molecule has 116 valence electrons. The van der Waals surface area contributed by atoms with Gasteiger partial charge in [-0.15, -0.1) is 0 Å². The molecule has 1 saturated carbocycles. The Hall–Kier alpha value is -1.13. The van der Waals surface area contributed by atoms with Crippen molar-refractivity contribution >= 4 is 5.82 Å². The highest BCUT2D eigenvalue weighted by Crippen LogP contribution is 2.23. The van der Waals surface area contributed by atoms with Crippen LogP contribution in [0, 0.1) is 0 Å². The van der Waals surface area contributed by atoms with Crippen LogP contribution in [0.25, 0.3) is 0 Å². The lowest BCUT2D eigenvalue weighted by Crippen LogP contribution is -2.45. The molecule has 0 amide bonds. The van der Waals surface area contributed by atoms with Gasteiger partial charge in [0.1, 0.15) is 5.82 Å². The maximum absolute atomic E-state index is 5.62. The number of rotatable bonds is 6. The molecule has 4 nitrogen and oxygen atoms in total. The molecular formula is C17H27N3O. The Labute approximate surface area is 127 Å². The normalized spacial score (nSPS) is 22.6. The van der Waals surface area contributed by atoms with Gasteiger partial charge in [0.15, 0.2) is 0 Å². The molecule has 3 rings (SSSR count). The number of morpholine rings is 1. The fourth-order valence-corrected chi connectivity index (χ4v) is 2.91. The monoisotopic (exact) mass is 289 g/mol. The molecule has 0 aromatic carbocycles. The molecule has 2 fully saturated rings. The van der Waals surface area contributed by atoms with Crippen molar-refractivity contribution in [2.75, 3.05) is 24.7 Å². The van der Waals surface area contributed by atoms with Gasteiger partial charge in [-0.05, 0) is 43.4 Å². The van der Waals surface area contributed by atoms with Crippen LogP contribution in [-0.4, -0.2) is 36.8 Å². The van der Waals surface area contributed by atoms with Gasteiger partial charge in [-0.3, -0.25) is 0 Å². The molecule has 1 unspecified atom stereocenters. The molecule has 1 aromatic rings. The molecule has 1 aliphatic carbocycles. The van der Waals surface area contributed by atoms with E-state index in [-0.39, 0.29) is 0 Å². The lowest BCUT2D eigenvalue weighted by molar-refractivity contribution is 0.0925. The second-order valence-electron chi connectivity index (χ2n) is 6.16. The molecule has 1 atom stereocenters. The fraction of sp³-hybridized carbons (Fsp3) is 0.706. The van der Waals surface area contributed by atoms with Crippen LogP contribution < -0.4 is 10.2 Å². The van der Waals surface area contributed by atoms with Crippen molar-refractivity contribution < 1.29 is 4.74 Å². The van der Waals surface area contributed by atoms with E-state index < -0.39 is 0 Å². The van der Waals surface area contributed by atoms with E-state index in [9.17, 15) is 0 Å². The van der Waals surface area contributed by atoms with E-state index in [0.717, 1.165) is 51.0 Å². The molecule has 21 heavy (non-hydrogen) atoms. The zero-order valence-corrected chi connectivity index (χ0v) is 13.3. The Balaban J connectivity index is 1.79. The zero-order valence-electron chi connectivity index (χ0n) is 13.3. The SMILES string of the molecule is CCc1cc(CNC2CC2)cc(N2CCOCC2CC)n1. The van der Waals surface area contributed by atoms with Gasteiger partial charge in [0.2, 0.25) is 0 Å². The summed E-state index contributed by atoms with van der Waals surface area (Å²) in [6, 6.07) is 5.73. The van der Waals surface area contributed by atoms with Gasteiger partial charge in [0, 0.05) is 24.8 Å². The molecule has 0 spiro atoms. The van der Waals surface area contributed by atoms with Gasteiger partial charge in [0.05, 0.1) is 19.3 Å². The summed E-state index contributed by atoms with van der Waals surface area (Å²) in [5.74, 6) is 1.14. The van der Waals surface area contributed by atoms with E-state index in [1.165, 1.54) is 24.1 Å². The highest BCUT2D eigenvalue weighted by molar-refractivity contribution is 5.44. The second-order valence-corrected chi connectivity index (χ2v) is 6.16. The first-order valence-corrected chi connectivity index (χ1v) is 8.37. The predicted octanol–water partition coefficient (Wildman–Crippen LogP) is 2.51. The first-order valence-electron chi connectivity index (χ1n) is 8.37. The standard InChI is InChI=1S/C17H27N3O/c1-3-14-9-13(11-18-15-5-6-15)10-17(19-14)20-7-8-21-12-16(20)4-2/h9-10,15-16,18H,3-8,11-12H2,1-2H3. The van der Waals surface area contributed by atoms with Gasteiger partial charge in [-0.1, -0.05) is 13.8 Å². The lowest BCUT2D eigenvalue weighted by atomic mass is 10.1. The van der Waals surface area contributed by atoms with E-state index in [0.29, 0.717) is 6.04 Å². The third kappa shape index (κ3) is 3.74. The predicted molar refractivity (Wildman–Crippen MR) is 85.7 cm³/mol.